The van der Waals surface area contributed by atoms with Gasteiger partial charge in [0.25, 0.3) is 0 Å². The van der Waals surface area contributed by atoms with Gasteiger partial charge in [0, 0.05) is 48.9 Å². The van der Waals surface area contributed by atoms with Gasteiger partial charge in [-0.25, -0.2) is 4.79 Å². The summed E-state index contributed by atoms with van der Waals surface area (Å²) in [5.41, 5.74) is 0. The molecule has 0 rings (SSSR count). The Morgan fingerprint density at radius 1 is 1.47 bits per heavy atom. The van der Waals surface area contributed by atoms with Crippen LogP contribution in [-0.2, 0) is 15.6 Å². The summed E-state index contributed by atoms with van der Waals surface area (Å²) < 4.78 is 10.9. The average Bonchev–Trinajstić information content (AvgIpc) is 2.15. The molecule has 7 heteroatoms. The molecule has 0 heterocycles. The van der Waals surface area contributed by atoms with Crippen LogP contribution >= 0.6 is 0 Å². The SMILES string of the molecule is CC(CS(C)=O)NC(=O)N(C)CCCC(=O)O. The van der Waals surface area contributed by atoms with Crippen molar-refractivity contribution in [2.75, 3.05) is 25.6 Å². The first-order valence-electron chi connectivity index (χ1n) is 5.36. The van der Waals surface area contributed by atoms with E-state index in [0.29, 0.717) is 18.7 Å². The minimum Gasteiger partial charge on any atom is -0.481 e. The second kappa shape index (κ2) is 8.05. The molecule has 0 aromatic heterocycles. The number of carboxylic acid groups (broad SMARTS) is 1. The molecule has 100 valence electrons. The molecule has 0 saturated heterocycles. The molecule has 0 spiro atoms. The van der Waals surface area contributed by atoms with Gasteiger partial charge in [0.1, 0.15) is 0 Å². The maximum absolute atomic E-state index is 11.6. The smallest absolute Gasteiger partial charge is 0.317 e. The van der Waals surface area contributed by atoms with E-state index in [1.165, 1.54) is 4.90 Å². The summed E-state index contributed by atoms with van der Waals surface area (Å²) in [6, 6.07) is -0.427. The lowest BCUT2D eigenvalue weighted by Crippen LogP contribution is -2.44. The van der Waals surface area contributed by atoms with Gasteiger partial charge in [-0.2, -0.15) is 0 Å². The van der Waals surface area contributed by atoms with Gasteiger partial charge in [-0.05, 0) is 13.3 Å². The highest BCUT2D eigenvalue weighted by Crippen LogP contribution is 1.95. The zero-order valence-corrected chi connectivity index (χ0v) is 11.2. The molecule has 0 radical (unpaired) electrons. The van der Waals surface area contributed by atoms with Crippen molar-refractivity contribution in [3.05, 3.63) is 0 Å². The largest absolute Gasteiger partial charge is 0.481 e. The molecule has 0 bridgehead atoms. The molecule has 2 atom stereocenters. The Balaban J connectivity index is 3.88. The lowest BCUT2D eigenvalue weighted by molar-refractivity contribution is -0.137. The van der Waals surface area contributed by atoms with E-state index in [9.17, 15) is 13.8 Å². The number of carboxylic acids is 1. The lowest BCUT2D eigenvalue weighted by atomic mass is 10.3. The second-order valence-electron chi connectivity index (χ2n) is 4.01. The fourth-order valence-electron chi connectivity index (χ4n) is 1.28. The van der Waals surface area contributed by atoms with Gasteiger partial charge >= 0.3 is 12.0 Å². The predicted octanol–water partition coefficient (Wildman–Crippen LogP) is 0.260. The Morgan fingerprint density at radius 2 is 2.06 bits per heavy atom. The second-order valence-corrected chi connectivity index (χ2v) is 5.49. The molecule has 2 N–H and O–H groups in total. The fourth-order valence-corrected chi connectivity index (χ4v) is 2.07. The van der Waals surface area contributed by atoms with Crippen LogP contribution in [-0.4, -0.2) is 57.9 Å². The van der Waals surface area contributed by atoms with E-state index < -0.39 is 16.8 Å². The van der Waals surface area contributed by atoms with E-state index >= 15 is 0 Å². The molecule has 2 amide bonds. The standard InChI is InChI=1S/C10H20N2O4S/c1-8(7-17(3)16)11-10(15)12(2)6-4-5-9(13)14/h8H,4-7H2,1-3H3,(H,11,15)(H,13,14). The third-order valence-electron chi connectivity index (χ3n) is 2.09. The summed E-state index contributed by atoms with van der Waals surface area (Å²) in [5, 5.41) is 11.2. The zero-order chi connectivity index (χ0) is 13.4. The molecular weight excluding hydrogens is 244 g/mol. The van der Waals surface area contributed by atoms with E-state index in [1.807, 2.05) is 0 Å². The minimum absolute atomic E-state index is 0.0478. The maximum Gasteiger partial charge on any atom is 0.317 e. The molecular formula is C10H20N2O4S. The van der Waals surface area contributed by atoms with Crippen LogP contribution in [0.3, 0.4) is 0 Å². The Hall–Kier alpha value is -1.11. The van der Waals surface area contributed by atoms with Crippen molar-refractivity contribution in [3.63, 3.8) is 0 Å². The van der Waals surface area contributed by atoms with Gasteiger partial charge in [0.15, 0.2) is 0 Å². The Kier molecular flexibility index (Phi) is 7.53. The summed E-state index contributed by atoms with van der Waals surface area (Å²) in [4.78, 5) is 23.3. The summed E-state index contributed by atoms with van der Waals surface area (Å²) in [5.74, 6) is -0.456. The van der Waals surface area contributed by atoms with Gasteiger partial charge < -0.3 is 15.3 Å². The van der Waals surface area contributed by atoms with Gasteiger partial charge in [-0.1, -0.05) is 0 Å². The van der Waals surface area contributed by atoms with Crippen molar-refractivity contribution in [2.45, 2.75) is 25.8 Å². The van der Waals surface area contributed by atoms with Gasteiger partial charge in [0.2, 0.25) is 0 Å². The number of carbonyl (C=O) groups excluding carboxylic acids is 1. The highest BCUT2D eigenvalue weighted by Gasteiger charge is 2.12. The summed E-state index contributed by atoms with van der Waals surface area (Å²) >= 11 is 0. The zero-order valence-electron chi connectivity index (χ0n) is 10.4. The number of nitrogens with one attached hydrogen (secondary N) is 1. The number of aliphatic carboxylic acids is 1. The van der Waals surface area contributed by atoms with E-state index in [4.69, 9.17) is 5.11 Å². The maximum atomic E-state index is 11.6. The van der Waals surface area contributed by atoms with Crippen LogP contribution in [0.4, 0.5) is 4.79 Å². The average molecular weight is 264 g/mol. The van der Waals surface area contributed by atoms with Crippen LogP contribution in [0.25, 0.3) is 0 Å². The van der Waals surface area contributed by atoms with Gasteiger partial charge in [-0.3, -0.25) is 9.00 Å². The predicted molar refractivity (Wildman–Crippen MR) is 66.4 cm³/mol. The van der Waals surface area contributed by atoms with Crippen molar-refractivity contribution in [1.82, 2.24) is 10.2 Å². The Bertz CT molecular complexity index is 296. The van der Waals surface area contributed by atoms with Crippen molar-refractivity contribution in [3.8, 4) is 0 Å². The minimum atomic E-state index is -0.948. The first-order chi connectivity index (χ1) is 7.82. The molecule has 0 aliphatic rings. The highest BCUT2D eigenvalue weighted by atomic mass is 32.2. The van der Waals surface area contributed by atoms with Crippen molar-refractivity contribution in [2.24, 2.45) is 0 Å². The molecule has 0 aliphatic carbocycles. The van der Waals surface area contributed by atoms with Crippen LogP contribution in [0.2, 0.25) is 0 Å². The first-order valence-corrected chi connectivity index (χ1v) is 7.09. The van der Waals surface area contributed by atoms with Crippen molar-refractivity contribution < 1.29 is 18.9 Å². The third kappa shape index (κ3) is 8.67. The molecule has 17 heavy (non-hydrogen) atoms. The van der Waals surface area contributed by atoms with Gasteiger partial charge in [-0.15, -0.1) is 0 Å². The number of hydrogen-bond acceptors (Lipinski definition) is 3. The summed E-state index contributed by atoms with van der Waals surface area (Å²) in [6.45, 7) is 2.17. The number of nitrogens with zero attached hydrogens (tertiary/aromatic N) is 1. The highest BCUT2D eigenvalue weighted by molar-refractivity contribution is 7.84. The molecule has 0 aliphatic heterocycles. The first kappa shape index (κ1) is 15.9. The molecule has 6 nitrogen and oxygen atoms in total. The van der Waals surface area contributed by atoms with Crippen molar-refractivity contribution >= 4 is 22.8 Å². The molecule has 0 aromatic rings. The van der Waals surface area contributed by atoms with Crippen molar-refractivity contribution in [1.29, 1.82) is 0 Å². The van der Waals surface area contributed by atoms with Crippen LogP contribution in [0.1, 0.15) is 19.8 Å². The normalized spacial score (nSPS) is 13.8. The Labute approximate surface area is 104 Å². The number of carbonyl (C=O) groups is 2. The number of hydrogen-bond donors (Lipinski definition) is 2. The van der Waals surface area contributed by atoms with E-state index in [0.717, 1.165) is 0 Å². The fraction of sp³-hybridized carbons (Fsp3) is 0.800. The Morgan fingerprint density at radius 3 is 2.53 bits per heavy atom. The monoisotopic (exact) mass is 264 g/mol. The lowest BCUT2D eigenvalue weighted by Gasteiger charge is -2.20. The van der Waals surface area contributed by atoms with Gasteiger partial charge in [0.05, 0.1) is 0 Å². The van der Waals surface area contributed by atoms with Crippen LogP contribution in [0, 0.1) is 0 Å². The quantitative estimate of drug-likeness (QED) is 0.690. The third-order valence-corrected chi connectivity index (χ3v) is 3.05. The van der Waals surface area contributed by atoms with Crippen LogP contribution < -0.4 is 5.32 Å². The topological polar surface area (TPSA) is 86.7 Å². The van der Waals surface area contributed by atoms with E-state index in [2.05, 4.69) is 5.32 Å². The summed E-state index contributed by atoms with van der Waals surface area (Å²) in [7, 11) is 0.656. The van der Waals surface area contributed by atoms with Crippen LogP contribution in [0.5, 0.6) is 0 Å². The number of rotatable bonds is 7. The molecule has 0 aromatic carbocycles. The number of urea groups is 1. The van der Waals surface area contributed by atoms with E-state index in [1.54, 1.807) is 20.2 Å². The molecule has 0 saturated carbocycles. The van der Waals surface area contributed by atoms with E-state index in [-0.39, 0.29) is 18.5 Å². The summed E-state index contributed by atoms with van der Waals surface area (Å²) in [6.07, 6.45) is 2.05. The number of amides is 2. The molecule has 2 unspecified atom stereocenters. The molecule has 0 fully saturated rings. The van der Waals surface area contributed by atoms with Crippen LogP contribution in [0.15, 0.2) is 0 Å².